The van der Waals surface area contributed by atoms with Crippen molar-refractivity contribution in [3.8, 4) is 0 Å². The zero-order valence-corrected chi connectivity index (χ0v) is 21.1. The van der Waals surface area contributed by atoms with E-state index in [4.69, 9.17) is 9.47 Å². The van der Waals surface area contributed by atoms with Crippen LogP contribution in [0.15, 0.2) is 11.6 Å². The number of aliphatic carboxylic acids is 1. The van der Waals surface area contributed by atoms with E-state index in [-0.39, 0.29) is 22.7 Å². The van der Waals surface area contributed by atoms with Crippen LogP contribution in [0.5, 0.6) is 0 Å². The molecule has 0 aromatic heterocycles. The zero-order chi connectivity index (χ0) is 24.3. The van der Waals surface area contributed by atoms with Gasteiger partial charge in [-0.05, 0) is 87.0 Å². The molecule has 34 heavy (non-hydrogen) atoms. The van der Waals surface area contributed by atoms with Gasteiger partial charge in [0.25, 0.3) is 0 Å². The molecule has 0 heterocycles. The van der Waals surface area contributed by atoms with E-state index in [9.17, 15) is 19.8 Å². The summed E-state index contributed by atoms with van der Waals surface area (Å²) in [6, 6.07) is 0. The number of aliphatic hydroxyl groups is 1. The number of ether oxygens (including phenoxy) is 2. The summed E-state index contributed by atoms with van der Waals surface area (Å²) < 4.78 is 12.6. The van der Waals surface area contributed by atoms with Crippen molar-refractivity contribution in [1.82, 2.24) is 0 Å². The van der Waals surface area contributed by atoms with Gasteiger partial charge in [-0.1, -0.05) is 19.4 Å². The molecule has 4 saturated carbocycles. The number of hydrogen-bond acceptors (Lipinski definition) is 5. The van der Waals surface area contributed by atoms with Gasteiger partial charge in [0.15, 0.2) is 11.6 Å². The van der Waals surface area contributed by atoms with Crippen LogP contribution in [0, 0.1) is 40.4 Å². The van der Waals surface area contributed by atoms with Gasteiger partial charge < -0.3 is 19.7 Å². The minimum absolute atomic E-state index is 0.0259. The van der Waals surface area contributed by atoms with E-state index < -0.39 is 23.6 Å². The SMILES string of the molecule is COC1(OC[C@]23CC(C(C)C(=O)O)C(=O)C=C2CC[C@@H]2[C@@H]3CC[C@]3(C)[C@@H](O)CC[C@@H]23)CCCC1. The summed E-state index contributed by atoms with van der Waals surface area (Å²) in [5.74, 6) is -1.42. The molecule has 5 aliphatic rings. The average molecular weight is 475 g/mol. The fourth-order valence-electron chi connectivity index (χ4n) is 8.86. The van der Waals surface area contributed by atoms with Crippen LogP contribution in [0.3, 0.4) is 0 Å². The third kappa shape index (κ3) is 3.62. The lowest BCUT2D eigenvalue weighted by Gasteiger charge is -2.59. The molecule has 5 aliphatic carbocycles. The molecule has 4 fully saturated rings. The van der Waals surface area contributed by atoms with Crippen LogP contribution >= 0.6 is 0 Å². The molecule has 190 valence electrons. The number of fused-ring (bicyclic) bond motifs is 5. The fraction of sp³-hybridized carbons (Fsp3) is 0.857. The standard InChI is InChI=1S/C28H42O6/c1-17(25(31)32)20-15-27(16-34-28(33-3)11-4-5-12-28)18(14-23(20)29)6-7-19-21-8-9-24(30)26(21,2)13-10-22(19)27/h14,17,19-22,24,30H,4-13,15-16H2,1-3H3,(H,31,32)/t17?,19-,20?,21-,22-,24-,26-,27+/m0/s1. The number of aliphatic hydroxyl groups excluding tert-OH is 1. The second-order valence-electron chi connectivity index (χ2n) is 12.3. The molecule has 0 bridgehead atoms. The maximum absolute atomic E-state index is 13.1. The van der Waals surface area contributed by atoms with Crippen molar-refractivity contribution in [1.29, 1.82) is 0 Å². The monoisotopic (exact) mass is 474 g/mol. The minimum Gasteiger partial charge on any atom is -0.481 e. The van der Waals surface area contributed by atoms with Crippen molar-refractivity contribution in [3.05, 3.63) is 11.6 Å². The van der Waals surface area contributed by atoms with E-state index in [1.54, 1.807) is 20.1 Å². The first-order valence-corrected chi connectivity index (χ1v) is 13.5. The van der Waals surface area contributed by atoms with Gasteiger partial charge in [0.05, 0.1) is 18.6 Å². The molecule has 8 atom stereocenters. The van der Waals surface area contributed by atoms with Gasteiger partial charge in [0, 0.05) is 31.3 Å². The maximum Gasteiger partial charge on any atom is 0.306 e. The molecule has 0 saturated heterocycles. The topological polar surface area (TPSA) is 93.1 Å². The molecule has 0 amide bonds. The Kier molecular flexibility index (Phi) is 6.26. The van der Waals surface area contributed by atoms with Gasteiger partial charge >= 0.3 is 5.97 Å². The first-order valence-electron chi connectivity index (χ1n) is 13.5. The Labute approximate surface area is 203 Å². The molecular weight excluding hydrogens is 432 g/mol. The van der Waals surface area contributed by atoms with E-state index in [1.165, 1.54) is 5.57 Å². The summed E-state index contributed by atoms with van der Waals surface area (Å²) in [4.78, 5) is 25.0. The van der Waals surface area contributed by atoms with Gasteiger partial charge in [0.1, 0.15) is 0 Å². The molecular formula is C28H42O6. The van der Waals surface area contributed by atoms with Gasteiger partial charge in [-0.25, -0.2) is 0 Å². The molecule has 2 N–H and O–H groups in total. The highest BCUT2D eigenvalue weighted by Gasteiger charge is 2.61. The van der Waals surface area contributed by atoms with Crippen molar-refractivity contribution < 1.29 is 29.3 Å². The Hall–Kier alpha value is -1.24. The largest absolute Gasteiger partial charge is 0.481 e. The molecule has 5 rings (SSSR count). The number of hydrogen-bond donors (Lipinski definition) is 2. The van der Waals surface area contributed by atoms with Gasteiger partial charge in [0.2, 0.25) is 0 Å². The average Bonchev–Trinajstić information content (AvgIpc) is 3.42. The van der Waals surface area contributed by atoms with Crippen LogP contribution in [0.4, 0.5) is 0 Å². The zero-order valence-electron chi connectivity index (χ0n) is 21.1. The third-order valence-corrected chi connectivity index (χ3v) is 11.1. The lowest BCUT2D eigenvalue weighted by molar-refractivity contribution is -0.241. The number of methoxy groups -OCH3 is 1. The van der Waals surface area contributed by atoms with Crippen LogP contribution in [-0.2, 0) is 19.1 Å². The number of rotatable bonds is 6. The molecule has 6 heteroatoms. The predicted octanol–water partition coefficient (Wildman–Crippen LogP) is 4.74. The van der Waals surface area contributed by atoms with Crippen LogP contribution in [0.1, 0.15) is 84.5 Å². The number of carbonyl (C=O) groups excluding carboxylic acids is 1. The summed E-state index contributed by atoms with van der Waals surface area (Å²) in [5, 5.41) is 20.6. The second kappa shape index (κ2) is 8.70. The number of carboxylic acid groups (broad SMARTS) is 1. The van der Waals surface area contributed by atoms with Crippen molar-refractivity contribution in [3.63, 3.8) is 0 Å². The summed E-state index contributed by atoms with van der Waals surface area (Å²) in [6.07, 6.45) is 11.9. The van der Waals surface area contributed by atoms with Gasteiger partial charge in [-0.2, -0.15) is 0 Å². The van der Waals surface area contributed by atoms with E-state index in [1.807, 2.05) is 0 Å². The smallest absolute Gasteiger partial charge is 0.306 e. The number of carboxylic acids is 1. The predicted molar refractivity (Wildman–Crippen MR) is 127 cm³/mol. The van der Waals surface area contributed by atoms with Crippen molar-refractivity contribution in [2.75, 3.05) is 13.7 Å². The Morgan fingerprint density at radius 2 is 1.88 bits per heavy atom. The van der Waals surface area contributed by atoms with E-state index in [0.717, 1.165) is 64.2 Å². The van der Waals surface area contributed by atoms with Crippen molar-refractivity contribution in [2.24, 2.45) is 40.4 Å². The third-order valence-electron chi connectivity index (χ3n) is 11.1. The molecule has 6 nitrogen and oxygen atoms in total. The Balaban J connectivity index is 1.53. The quantitative estimate of drug-likeness (QED) is 0.540. The number of carbonyl (C=O) groups is 2. The Morgan fingerprint density at radius 3 is 2.56 bits per heavy atom. The van der Waals surface area contributed by atoms with Crippen LogP contribution in [0.25, 0.3) is 0 Å². The normalized spacial score (nSPS) is 44.1. The summed E-state index contributed by atoms with van der Waals surface area (Å²) in [6.45, 7) is 4.45. The van der Waals surface area contributed by atoms with Crippen molar-refractivity contribution in [2.45, 2.75) is 96.4 Å². The van der Waals surface area contributed by atoms with Crippen LogP contribution in [-0.4, -0.2) is 47.6 Å². The van der Waals surface area contributed by atoms with E-state index >= 15 is 0 Å². The first kappa shape index (κ1) is 24.5. The molecule has 0 aromatic carbocycles. The summed E-state index contributed by atoms with van der Waals surface area (Å²) in [7, 11) is 1.73. The van der Waals surface area contributed by atoms with Crippen LogP contribution < -0.4 is 0 Å². The minimum atomic E-state index is -0.905. The van der Waals surface area contributed by atoms with E-state index in [0.29, 0.717) is 30.8 Å². The lowest BCUT2D eigenvalue weighted by atomic mass is 9.46. The Bertz CT molecular complexity index is 859. The fourth-order valence-corrected chi connectivity index (χ4v) is 8.86. The second-order valence-corrected chi connectivity index (χ2v) is 12.3. The van der Waals surface area contributed by atoms with Gasteiger partial charge in [-0.3, -0.25) is 9.59 Å². The summed E-state index contributed by atoms with van der Waals surface area (Å²) in [5.41, 5.74) is 0.829. The van der Waals surface area contributed by atoms with Crippen molar-refractivity contribution >= 4 is 11.8 Å². The highest BCUT2D eigenvalue weighted by molar-refractivity contribution is 5.96. The molecule has 0 spiro atoms. The lowest BCUT2D eigenvalue weighted by Crippen LogP contribution is -2.56. The van der Waals surface area contributed by atoms with Gasteiger partial charge in [-0.15, -0.1) is 0 Å². The van der Waals surface area contributed by atoms with Crippen LogP contribution in [0.2, 0.25) is 0 Å². The Morgan fingerprint density at radius 1 is 1.15 bits per heavy atom. The van der Waals surface area contributed by atoms with E-state index in [2.05, 4.69) is 6.92 Å². The highest BCUT2D eigenvalue weighted by atomic mass is 16.7. The first-order chi connectivity index (χ1) is 16.2. The highest BCUT2D eigenvalue weighted by Crippen LogP contribution is 2.66. The molecule has 0 radical (unpaired) electrons. The molecule has 2 unspecified atom stereocenters. The molecule has 0 aliphatic heterocycles. The number of ketones is 1. The maximum atomic E-state index is 13.1. The summed E-state index contributed by atoms with van der Waals surface area (Å²) >= 11 is 0. The molecule has 0 aromatic rings.